The Balaban J connectivity index is 1.73. The Morgan fingerprint density at radius 3 is 2.70 bits per heavy atom. The first-order valence-corrected chi connectivity index (χ1v) is 9.05. The molecule has 0 aliphatic rings. The first kappa shape index (κ1) is 17.2. The summed E-state index contributed by atoms with van der Waals surface area (Å²) in [5.74, 6) is 0.147. The number of phenolic OH excluding ortho intramolecular Hbond substituents is 1. The molecule has 0 amide bonds. The predicted octanol–water partition coefficient (Wildman–Crippen LogP) is 5.68. The third-order valence-electron chi connectivity index (χ3n) is 4.14. The van der Waals surface area contributed by atoms with E-state index in [0.717, 1.165) is 15.4 Å². The van der Waals surface area contributed by atoms with E-state index in [1.165, 1.54) is 0 Å². The highest BCUT2D eigenvalue weighted by Gasteiger charge is 2.08. The number of nitrogens with zero attached hydrogens (tertiary/aromatic N) is 1. The molecular weight excluding hydrogens is 406 g/mol. The number of benzene rings is 3. The van der Waals surface area contributed by atoms with E-state index in [1.54, 1.807) is 30.5 Å². The van der Waals surface area contributed by atoms with Gasteiger partial charge < -0.3 is 9.52 Å². The normalized spacial score (nSPS) is 11.3. The molecule has 1 aromatic heterocycles. The quantitative estimate of drug-likeness (QED) is 0.343. The van der Waals surface area contributed by atoms with Gasteiger partial charge in [0, 0.05) is 21.6 Å². The van der Waals surface area contributed by atoms with Crippen molar-refractivity contribution in [2.75, 3.05) is 0 Å². The van der Waals surface area contributed by atoms with Gasteiger partial charge in [0.25, 0.3) is 0 Å². The molecule has 132 valence electrons. The molecule has 0 radical (unpaired) electrons. The minimum Gasteiger partial charge on any atom is -0.507 e. The van der Waals surface area contributed by atoms with Gasteiger partial charge in [0.2, 0.25) is 0 Å². The summed E-state index contributed by atoms with van der Waals surface area (Å²) in [6.45, 7) is 0. The van der Waals surface area contributed by atoms with Crippen molar-refractivity contribution >= 4 is 38.8 Å². The van der Waals surface area contributed by atoms with Gasteiger partial charge in [-0.15, -0.1) is 0 Å². The summed E-state index contributed by atoms with van der Waals surface area (Å²) in [5.41, 5.74) is 2.64. The number of para-hydroxylation sites is 1. The highest BCUT2D eigenvalue weighted by atomic mass is 79.9. The third-order valence-corrected chi connectivity index (χ3v) is 4.63. The standard InChI is InChI=1S/C22H14BrNO3/c23-17-8-9-20(25)16(10-17)13-24-18-6-3-5-14(11-18)19-12-15-4-1-2-7-21(15)27-22(19)26/h1-13,25H. The fraction of sp³-hybridized carbons (Fsp3) is 0. The number of phenols is 1. The van der Waals surface area contributed by atoms with Gasteiger partial charge >= 0.3 is 5.63 Å². The largest absolute Gasteiger partial charge is 0.507 e. The summed E-state index contributed by atoms with van der Waals surface area (Å²) in [6.07, 6.45) is 1.59. The maximum Gasteiger partial charge on any atom is 0.344 e. The zero-order valence-corrected chi connectivity index (χ0v) is 15.7. The van der Waals surface area contributed by atoms with Crippen LogP contribution in [0.4, 0.5) is 5.69 Å². The molecule has 4 aromatic rings. The Bertz CT molecular complexity index is 1230. The van der Waals surface area contributed by atoms with E-state index in [1.807, 2.05) is 48.5 Å². The van der Waals surface area contributed by atoms with Gasteiger partial charge in [0.05, 0.1) is 11.3 Å². The van der Waals surface area contributed by atoms with Gasteiger partial charge in [-0.3, -0.25) is 4.99 Å². The predicted molar refractivity (Wildman–Crippen MR) is 111 cm³/mol. The second kappa shape index (κ2) is 7.21. The van der Waals surface area contributed by atoms with Crippen LogP contribution in [-0.2, 0) is 0 Å². The van der Waals surface area contributed by atoms with Crippen molar-refractivity contribution in [3.8, 4) is 16.9 Å². The van der Waals surface area contributed by atoms with E-state index in [9.17, 15) is 9.90 Å². The summed E-state index contributed by atoms with van der Waals surface area (Å²) in [4.78, 5) is 16.8. The molecule has 0 aliphatic heterocycles. The van der Waals surface area contributed by atoms with Crippen LogP contribution in [0, 0.1) is 0 Å². The number of aliphatic imine (C=N–C) groups is 1. The SMILES string of the molecule is O=c1oc2ccccc2cc1-c1cccc(N=Cc2cc(Br)ccc2O)c1. The first-order valence-electron chi connectivity index (χ1n) is 8.26. The van der Waals surface area contributed by atoms with Crippen molar-refractivity contribution in [3.05, 3.63) is 93.3 Å². The monoisotopic (exact) mass is 419 g/mol. The van der Waals surface area contributed by atoms with Gasteiger partial charge in [-0.2, -0.15) is 0 Å². The molecule has 0 aliphatic carbocycles. The molecule has 3 aromatic carbocycles. The maximum atomic E-state index is 12.4. The molecule has 0 bridgehead atoms. The lowest BCUT2D eigenvalue weighted by molar-refractivity contribution is 0.474. The molecule has 0 fully saturated rings. The van der Waals surface area contributed by atoms with Crippen LogP contribution >= 0.6 is 15.9 Å². The fourth-order valence-electron chi connectivity index (χ4n) is 2.79. The summed E-state index contributed by atoms with van der Waals surface area (Å²) < 4.78 is 6.26. The lowest BCUT2D eigenvalue weighted by Crippen LogP contribution is -2.02. The lowest BCUT2D eigenvalue weighted by atomic mass is 10.1. The van der Waals surface area contributed by atoms with E-state index < -0.39 is 0 Å². The van der Waals surface area contributed by atoms with Crippen LogP contribution in [0.1, 0.15) is 5.56 Å². The van der Waals surface area contributed by atoms with Crippen molar-refractivity contribution in [2.45, 2.75) is 0 Å². The van der Waals surface area contributed by atoms with E-state index in [0.29, 0.717) is 22.4 Å². The van der Waals surface area contributed by atoms with Crippen LogP contribution in [0.25, 0.3) is 22.1 Å². The second-order valence-electron chi connectivity index (χ2n) is 6.00. The van der Waals surface area contributed by atoms with Crippen LogP contribution < -0.4 is 5.63 Å². The molecular formula is C22H14BrNO3. The molecule has 4 nitrogen and oxygen atoms in total. The van der Waals surface area contributed by atoms with Crippen LogP contribution in [0.3, 0.4) is 0 Å². The van der Waals surface area contributed by atoms with E-state index in [-0.39, 0.29) is 11.4 Å². The van der Waals surface area contributed by atoms with E-state index in [2.05, 4.69) is 20.9 Å². The minimum atomic E-state index is -0.389. The number of halogens is 1. The summed E-state index contributed by atoms with van der Waals surface area (Å²) in [6, 6.07) is 21.7. The number of hydrogen-bond donors (Lipinski definition) is 1. The molecule has 0 saturated heterocycles. The molecule has 27 heavy (non-hydrogen) atoms. The summed E-state index contributed by atoms with van der Waals surface area (Å²) >= 11 is 3.37. The fourth-order valence-corrected chi connectivity index (χ4v) is 3.17. The molecule has 1 N–H and O–H groups in total. The van der Waals surface area contributed by atoms with Crippen LogP contribution in [0.5, 0.6) is 5.75 Å². The van der Waals surface area contributed by atoms with Crippen molar-refractivity contribution in [1.82, 2.24) is 0 Å². The summed E-state index contributed by atoms with van der Waals surface area (Å²) in [5, 5.41) is 10.8. The number of rotatable bonds is 3. The Kier molecular flexibility index (Phi) is 4.60. The summed E-state index contributed by atoms with van der Waals surface area (Å²) in [7, 11) is 0. The first-order chi connectivity index (χ1) is 13.1. The molecule has 5 heteroatoms. The topological polar surface area (TPSA) is 62.8 Å². The van der Waals surface area contributed by atoms with Crippen LogP contribution in [0.2, 0.25) is 0 Å². The van der Waals surface area contributed by atoms with Gasteiger partial charge in [-0.25, -0.2) is 4.79 Å². The van der Waals surface area contributed by atoms with Crippen LogP contribution in [0.15, 0.2) is 91.5 Å². The van der Waals surface area contributed by atoms with E-state index in [4.69, 9.17) is 4.42 Å². The molecule has 1 heterocycles. The van der Waals surface area contributed by atoms with Crippen LogP contribution in [-0.4, -0.2) is 11.3 Å². The zero-order valence-electron chi connectivity index (χ0n) is 14.1. The van der Waals surface area contributed by atoms with Gasteiger partial charge in [-0.1, -0.05) is 46.3 Å². The number of aromatic hydroxyl groups is 1. The number of fused-ring (bicyclic) bond motifs is 1. The van der Waals surface area contributed by atoms with Crippen molar-refractivity contribution in [3.63, 3.8) is 0 Å². The molecule has 0 unspecified atom stereocenters. The lowest BCUT2D eigenvalue weighted by Gasteiger charge is -2.04. The Morgan fingerprint density at radius 2 is 1.81 bits per heavy atom. The van der Waals surface area contributed by atoms with Gasteiger partial charge in [-0.05, 0) is 48.0 Å². The Labute approximate surface area is 163 Å². The highest BCUT2D eigenvalue weighted by molar-refractivity contribution is 9.10. The van der Waals surface area contributed by atoms with Gasteiger partial charge in [0.1, 0.15) is 11.3 Å². The third kappa shape index (κ3) is 3.68. The van der Waals surface area contributed by atoms with Crippen molar-refractivity contribution < 1.29 is 9.52 Å². The molecule has 4 rings (SSSR count). The van der Waals surface area contributed by atoms with E-state index >= 15 is 0 Å². The van der Waals surface area contributed by atoms with Gasteiger partial charge in [0.15, 0.2) is 0 Å². The van der Waals surface area contributed by atoms with Crippen molar-refractivity contribution in [1.29, 1.82) is 0 Å². The molecule has 0 atom stereocenters. The molecule has 0 saturated carbocycles. The Morgan fingerprint density at radius 1 is 0.963 bits per heavy atom. The average Bonchev–Trinajstić information content (AvgIpc) is 2.68. The highest BCUT2D eigenvalue weighted by Crippen LogP contribution is 2.26. The smallest absolute Gasteiger partial charge is 0.344 e. The average molecular weight is 420 g/mol. The maximum absolute atomic E-state index is 12.4. The zero-order chi connectivity index (χ0) is 18.8. The molecule has 0 spiro atoms. The number of hydrogen-bond acceptors (Lipinski definition) is 4. The van der Waals surface area contributed by atoms with Crippen molar-refractivity contribution in [2.24, 2.45) is 4.99 Å². The minimum absolute atomic E-state index is 0.147. The Hall–Kier alpha value is -3.18. The second-order valence-corrected chi connectivity index (χ2v) is 6.91.